The number of aryl methyl sites for hydroxylation is 1. The number of ether oxygens (including phenoxy) is 2. The number of rotatable bonds is 6. The summed E-state index contributed by atoms with van der Waals surface area (Å²) in [4.78, 5) is 0. The lowest BCUT2D eigenvalue weighted by molar-refractivity contribution is -0.0463. The highest BCUT2D eigenvalue weighted by atomic mass is 19.2. The Kier molecular flexibility index (Phi) is 6.97. The lowest BCUT2D eigenvalue weighted by Crippen LogP contribution is -2.13. The van der Waals surface area contributed by atoms with Crippen LogP contribution in [0.2, 0.25) is 0 Å². The lowest BCUT2D eigenvalue weighted by atomic mass is 9.79. The van der Waals surface area contributed by atoms with E-state index in [1.807, 2.05) is 0 Å². The summed E-state index contributed by atoms with van der Waals surface area (Å²) >= 11 is 0. The zero-order chi connectivity index (χ0) is 22.0. The van der Waals surface area contributed by atoms with Crippen LogP contribution in [-0.4, -0.2) is 19.5 Å². The van der Waals surface area contributed by atoms with Gasteiger partial charge in [0.1, 0.15) is 0 Å². The highest BCUT2D eigenvalue weighted by molar-refractivity contribution is 5.35. The van der Waals surface area contributed by atoms with Crippen LogP contribution in [0.5, 0.6) is 0 Å². The van der Waals surface area contributed by atoms with Crippen LogP contribution in [0.25, 0.3) is 0 Å². The molecule has 2 aromatic rings. The Balaban J connectivity index is 1.54. The summed E-state index contributed by atoms with van der Waals surface area (Å²) in [5.41, 5.74) is 1.72. The van der Waals surface area contributed by atoms with Gasteiger partial charge in [0.05, 0.1) is 13.2 Å². The maximum atomic E-state index is 14.5. The van der Waals surface area contributed by atoms with Crippen molar-refractivity contribution in [2.45, 2.75) is 64.1 Å². The summed E-state index contributed by atoms with van der Waals surface area (Å²) in [6, 6.07) is 5.58. The Morgan fingerprint density at radius 3 is 2.10 bits per heavy atom. The van der Waals surface area contributed by atoms with Gasteiger partial charge >= 0.3 is 0 Å². The zero-order valence-electron chi connectivity index (χ0n) is 17.7. The fraction of sp³-hybridized carbons (Fsp3) is 0.520. The summed E-state index contributed by atoms with van der Waals surface area (Å²) in [5.74, 6) is -2.89. The largest absolute Gasteiger partial charge is 0.350 e. The molecule has 1 aliphatic carbocycles. The van der Waals surface area contributed by atoms with Crippen molar-refractivity contribution in [2.75, 3.05) is 13.2 Å². The van der Waals surface area contributed by atoms with Gasteiger partial charge in [-0.05, 0) is 71.9 Å². The molecule has 168 valence electrons. The van der Waals surface area contributed by atoms with Crippen molar-refractivity contribution in [1.82, 2.24) is 0 Å². The van der Waals surface area contributed by atoms with Gasteiger partial charge in [-0.1, -0.05) is 31.9 Å². The molecular weight excluding hydrogens is 408 g/mol. The molecule has 4 rings (SSSR count). The van der Waals surface area contributed by atoms with Crippen LogP contribution in [-0.2, 0) is 22.3 Å². The molecule has 1 saturated carbocycles. The van der Waals surface area contributed by atoms with Gasteiger partial charge in [0.15, 0.2) is 29.6 Å². The van der Waals surface area contributed by atoms with Gasteiger partial charge in [0.25, 0.3) is 0 Å². The molecule has 1 saturated heterocycles. The van der Waals surface area contributed by atoms with E-state index in [9.17, 15) is 17.6 Å². The Morgan fingerprint density at radius 2 is 1.42 bits per heavy atom. The molecule has 0 atom stereocenters. The first-order valence-corrected chi connectivity index (χ1v) is 11.1. The molecule has 0 bridgehead atoms. The first kappa shape index (κ1) is 22.3. The molecule has 0 aromatic heterocycles. The lowest BCUT2D eigenvalue weighted by Gasteiger charge is -2.27. The maximum absolute atomic E-state index is 14.5. The minimum Gasteiger partial charge on any atom is -0.350 e. The molecule has 0 radical (unpaired) electrons. The average molecular weight is 436 g/mol. The maximum Gasteiger partial charge on any atom is 0.162 e. The van der Waals surface area contributed by atoms with Gasteiger partial charge in [-0.15, -0.1) is 0 Å². The van der Waals surface area contributed by atoms with Gasteiger partial charge in [0.2, 0.25) is 0 Å². The fourth-order valence-corrected chi connectivity index (χ4v) is 4.71. The second-order valence-corrected chi connectivity index (χ2v) is 8.87. The number of hydrogen-bond donors (Lipinski definition) is 0. The van der Waals surface area contributed by atoms with E-state index in [1.165, 1.54) is 0 Å². The van der Waals surface area contributed by atoms with Crippen LogP contribution in [0.1, 0.15) is 67.2 Å². The predicted octanol–water partition coefficient (Wildman–Crippen LogP) is 6.43. The topological polar surface area (TPSA) is 18.5 Å². The Hall–Kier alpha value is -1.92. The number of halogens is 4. The summed E-state index contributed by atoms with van der Waals surface area (Å²) in [5, 5.41) is 0. The number of hydrogen-bond acceptors (Lipinski definition) is 2. The molecule has 0 N–H and O–H groups in total. The molecule has 6 heteroatoms. The monoisotopic (exact) mass is 436 g/mol. The number of benzene rings is 2. The van der Waals surface area contributed by atoms with Gasteiger partial charge in [0, 0.05) is 6.42 Å². The Morgan fingerprint density at radius 1 is 0.806 bits per heavy atom. The van der Waals surface area contributed by atoms with Crippen LogP contribution in [0.4, 0.5) is 17.6 Å². The van der Waals surface area contributed by atoms with E-state index in [4.69, 9.17) is 9.47 Å². The smallest absolute Gasteiger partial charge is 0.162 e. The zero-order valence-corrected chi connectivity index (χ0v) is 17.7. The van der Waals surface area contributed by atoms with Crippen LogP contribution in [0.3, 0.4) is 0 Å². The van der Waals surface area contributed by atoms with Crippen molar-refractivity contribution in [3.8, 4) is 0 Å². The minimum atomic E-state index is -0.940. The van der Waals surface area contributed by atoms with Crippen molar-refractivity contribution in [3.63, 3.8) is 0 Å². The van der Waals surface area contributed by atoms with Crippen molar-refractivity contribution in [1.29, 1.82) is 0 Å². The van der Waals surface area contributed by atoms with E-state index in [-0.39, 0.29) is 24.3 Å². The highest BCUT2D eigenvalue weighted by Crippen LogP contribution is 2.37. The van der Waals surface area contributed by atoms with E-state index in [0.717, 1.165) is 37.8 Å². The molecule has 1 aliphatic heterocycles. The molecule has 1 heterocycles. The second kappa shape index (κ2) is 9.70. The van der Waals surface area contributed by atoms with Crippen molar-refractivity contribution in [3.05, 3.63) is 69.8 Å². The third kappa shape index (κ3) is 5.29. The van der Waals surface area contributed by atoms with E-state index < -0.39 is 29.6 Å². The normalized spacial score (nSPS) is 22.2. The standard InChI is InChI=1S/C25H28F4O2/c1-15-2-4-18(5-3-15)20-12-17(14-22(27)25(20)29)10-16-11-19(24(28)21(26)13-16)6-7-23-30-8-9-31-23/h11-15,18,23H,2-10H2,1H3. The minimum absolute atomic E-state index is 0.00224. The third-order valence-corrected chi connectivity index (χ3v) is 6.48. The molecule has 2 fully saturated rings. The van der Waals surface area contributed by atoms with Gasteiger partial charge in [-0.3, -0.25) is 0 Å². The molecule has 0 unspecified atom stereocenters. The van der Waals surface area contributed by atoms with E-state index in [0.29, 0.717) is 42.2 Å². The molecule has 2 aromatic carbocycles. The fourth-order valence-electron chi connectivity index (χ4n) is 4.71. The van der Waals surface area contributed by atoms with Crippen LogP contribution in [0, 0.1) is 29.2 Å². The Bertz CT molecular complexity index is 916. The van der Waals surface area contributed by atoms with Gasteiger partial charge in [-0.2, -0.15) is 0 Å². The van der Waals surface area contributed by atoms with E-state index in [1.54, 1.807) is 12.1 Å². The molecular formula is C25H28F4O2. The first-order chi connectivity index (χ1) is 14.9. The third-order valence-electron chi connectivity index (χ3n) is 6.48. The quantitative estimate of drug-likeness (QED) is 0.486. The van der Waals surface area contributed by atoms with Crippen molar-refractivity contribution >= 4 is 0 Å². The molecule has 2 aliphatic rings. The Labute approximate surface area is 180 Å². The van der Waals surface area contributed by atoms with Crippen molar-refractivity contribution in [2.24, 2.45) is 5.92 Å². The molecule has 0 amide bonds. The van der Waals surface area contributed by atoms with Crippen molar-refractivity contribution < 1.29 is 27.0 Å². The van der Waals surface area contributed by atoms with E-state index >= 15 is 0 Å². The first-order valence-electron chi connectivity index (χ1n) is 11.1. The summed E-state index contributed by atoms with van der Waals surface area (Å²) in [6.07, 6.45) is 4.16. The molecule has 0 spiro atoms. The van der Waals surface area contributed by atoms with Gasteiger partial charge in [-0.25, -0.2) is 17.6 Å². The summed E-state index contributed by atoms with van der Waals surface area (Å²) in [6.45, 7) is 3.18. The van der Waals surface area contributed by atoms with E-state index in [2.05, 4.69) is 6.92 Å². The second-order valence-electron chi connectivity index (χ2n) is 8.87. The van der Waals surface area contributed by atoms with Gasteiger partial charge < -0.3 is 9.47 Å². The summed E-state index contributed by atoms with van der Waals surface area (Å²) in [7, 11) is 0. The van der Waals surface area contributed by atoms with Crippen LogP contribution >= 0.6 is 0 Å². The molecule has 31 heavy (non-hydrogen) atoms. The molecule has 2 nitrogen and oxygen atoms in total. The van der Waals surface area contributed by atoms with Crippen LogP contribution < -0.4 is 0 Å². The summed E-state index contributed by atoms with van der Waals surface area (Å²) < 4.78 is 68.1. The highest BCUT2D eigenvalue weighted by Gasteiger charge is 2.25. The average Bonchev–Trinajstić information content (AvgIpc) is 3.26. The van der Waals surface area contributed by atoms with Crippen LogP contribution in [0.15, 0.2) is 24.3 Å². The SMILES string of the molecule is CC1CCC(c2cc(Cc3cc(F)c(F)c(CCC4OCCO4)c3)cc(F)c2F)CC1. The predicted molar refractivity (Wildman–Crippen MR) is 110 cm³/mol.